The van der Waals surface area contributed by atoms with Gasteiger partial charge in [0, 0.05) is 0 Å². The largest absolute Gasteiger partial charge is 0.612 e. The monoisotopic (exact) mass is 498 g/mol. The van der Waals surface area contributed by atoms with Crippen molar-refractivity contribution in [1.29, 1.82) is 0 Å². The fourth-order valence-corrected chi connectivity index (χ4v) is 3.89. The summed E-state index contributed by atoms with van der Waals surface area (Å²) in [5.74, 6) is 2.00. The molecule has 2 rings (SSSR count). The van der Waals surface area contributed by atoms with Crippen molar-refractivity contribution in [3.63, 3.8) is 0 Å². The second-order valence-electron chi connectivity index (χ2n) is 7.68. The molecule has 11 nitrogen and oxygen atoms in total. The lowest BCUT2D eigenvalue weighted by atomic mass is 9.60. The van der Waals surface area contributed by atoms with Gasteiger partial charge in [0.05, 0.1) is 17.7 Å². The molecule has 1 aromatic rings. The Morgan fingerprint density at radius 3 is 2.62 bits per heavy atom. The number of rotatable bonds is 8. The van der Waals surface area contributed by atoms with E-state index in [-0.39, 0.29) is 0 Å². The number of esters is 1. The van der Waals surface area contributed by atoms with Gasteiger partial charge in [-0.3, -0.25) is 19.1 Å². The number of nitrogens with zero attached hydrogens (tertiary/aromatic N) is 1. The van der Waals surface area contributed by atoms with Crippen LogP contribution in [0, 0.1) is 17.7 Å². The Morgan fingerprint density at radius 2 is 2.06 bits per heavy atom. The van der Waals surface area contributed by atoms with E-state index in [9.17, 15) is 28.4 Å². The topological polar surface area (TPSA) is 149 Å². The van der Waals surface area contributed by atoms with Crippen molar-refractivity contribution < 1.29 is 37.2 Å². The third-order valence-corrected chi connectivity index (χ3v) is 5.62. The van der Waals surface area contributed by atoms with Crippen molar-refractivity contribution in [2.24, 2.45) is 0 Å². The Morgan fingerprint density at radius 1 is 1.44 bits per heavy atom. The molecule has 1 aromatic heterocycles. The highest BCUT2D eigenvalue weighted by molar-refractivity contribution is 7.37. The number of carbonyl (C=O) groups is 1. The van der Waals surface area contributed by atoms with Gasteiger partial charge in [-0.15, -0.1) is 10.4 Å². The van der Waals surface area contributed by atoms with Crippen molar-refractivity contribution in [3.05, 3.63) is 32.9 Å². The van der Waals surface area contributed by atoms with Crippen LogP contribution in [0.4, 0.5) is 8.78 Å². The van der Waals surface area contributed by atoms with Crippen molar-refractivity contribution in [2.75, 3.05) is 0 Å². The van der Waals surface area contributed by atoms with E-state index in [1.807, 2.05) is 5.92 Å². The highest BCUT2D eigenvalue weighted by atomic mass is 31.1. The van der Waals surface area contributed by atoms with Crippen LogP contribution in [-0.2, 0) is 23.4 Å². The van der Waals surface area contributed by atoms with Gasteiger partial charge < -0.3 is 14.6 Å². The second kappa shape index (κ2) is 10.5. The number of aromatic nitrogens is 2. The summed E-state index contributed by atoms with van der Waals surface area (Å²) >= 11 is 0. The number of nitrogens with one attached hydrogen (secondary N) is 2. The lowest BCUT2D eigenvalue weighted by Crippen LogP contribution is -2.53. The molecular weight excluding hydrogens is 477 g/mol. The van der Waals surface area contributed by atoms with E-state index in [0.29, 0.717) is 10.8 Å². The number of hydrogen-bond acceptors (Lipinski definition) is 8. The minimum absolute atomic E-state index is 0.308. The maximum absolute atomic E-state index is 15.8. The summed E-state index contributed by atoms with van der Waals surface area (Å²) in [6.07, 6.45) is -6.54. The zero-order valence-electron chi connectivity index (χ0n) is 18.6. The molecule has 3 N–H and O–H groups in total. The molecule has 0 aliphatic carbocycles. The van der Waals surface area contributed by atoms with Crippen LogP contribution in [-0.4, -0.2) is 71.7 Å². The number of aliphatic hydroxyl groups is 1. The number of carbonyl (C=O) groups excluding carboxylic acids is 1. The Hall–Kier alpha value is -2.36. The summed E-state index contributed by atoms with van der Waals surface area (Å²) < 4.78 is 57.4. The van der Waals surface area contributed by atoms with E-state index in [1.165, 1.54) is 13.8 Å². The molecule has 16 heteroatoms. The average Bonchev–Trinajstić information content (AvgIpc) is 2.95. The number of hydrogen-bond donors (Lipinski definition) is 3. The summed E-state index contributed by atoms with van der Waals surface area (Å²) in [6, 6.07) is -1.13. The summed E-state index contributed by atoms with van der Waals surface area (Å²) in [5, 5.41) is 10.2. The van der Waals surface area contributed by atoms with E-state index in [1.54, 1.807) is 18.8 Å². The Kier molecular flexibility index (Phi) is 8.61. The van der Waals surface area contributed by atoms with Crippen LogP contribution in [0.5, 0.6) is 0 Å². The molecule has 1 fully saturated rings. The molecule has 3 unspecified atom stereocenters. The minimum atomic E-state index is -3.09. The molecule has 0 bridgehead atoms. The zero-order valence-corrected chi connectivity index (χ0v) is 19.5. The standard InChI is InChI=1S/C18H20B2F2N3O8P/c1-5-6-17(22)11(26)12(32-15(17)25-7-10(21)13(27)23-16(25)29)18(19,20)33-34(30)24-9(4)14(28)31-8(2)3/h7-9,11-12,15,26H,1-4H3,(H-,23,24,27,29,30)/p+1/t9-,11?,12?,15+,17+/m0/s1. The fraction of sp³-hybridized carbons (Fsp3) is 0.611. The lowest BCUT2D eigenvalue weighted by molar-refractivity contribution is -0.149. The maximum Gasteiger partial charge on any atom is 0.612 e. The van der Waals surface area contributed by atoms with Crippen molar-refractivity contribution >= 4 is 29.8 Å². The van der Waals surface area contributed by atoms with E-state index < -0.39 is 72.9 Å². The summed E-state index contributed by atoms with van der Waals surface area (Å²) in [6.45, 7) is 5.72. The van der Waals surface area contributed by atoms with E-state index in [4.69, 9.17) is 29.7 Å². The first-order valence-electron chi connectivity index (χ1n) is 9.82. The Balaban J connectivity index is 2.32. The normalized spacial score (nSPS) is 26.0. The van der Waals surface area contributed by atoms with Crippen LogP contribution in [0.2, 0.25) is 0 Å². The molecule has 1 saturated heterocycles. The third kappa shape index (κ3) is 5.82. The molecule has 0 spiro atoms. The zero-order chi connectivity index (χ0) is 26.0. The Labute approximate surface area is 196 Å². The van der Waals surface area contributed by atoms with E-state index >= 15 is 4.39 Å². The van der Waals surface area contributed by atoms with Gasteiger partial charge in [-0.05, 0) is 32.3 Å². The van der Waals surface area contributed by atoms with Crippen LogP contribution < -0.4 is 16.3 Å². The predicted octanol–water partition coefficient (Wildman–Crippen LogP) is -0.740. The van der Waals surface area contributed by atoms with Gasteiger partial charge in [-0.25, -0.2) is 9.18 Å². The van der Waals surface area contributed by atoms with Crippen LogP contribution in [0.15, 0.2) is 15.8 Å². The number of H-pyrrole nitrogens is 1. The number of aromatic amines is 1. The molecule has 1 aliphatic rings. The number of alkyl halides is 1. The van der Waals surface area contributed by atoms with Gasteiger partial charge >= 0.3 is 19.8 Å². The highest BCUT2D eigenvalue weighted by Crippen LogP contribution is 2.45. The summed E-state index contributed by atoms with van der Waals surface area (Å²) in [5.41, 5.74) is -5.74. The molecule has 2 heterocycles. The molecule has 180 valence electrons. The SMILES string of the molecule is [B]C([B])(O[P+](=O)N[C@@H](C)C(=O)OC(C)C)C1O[C@@H](n2cc(F)c(=O)[nH]c2=O)[C@@](F)(C#CC)C1O. The summed E-state index contributed by atoms with van der Waals surface area (Å²) in [4.78, 5) is 36.9. The molecular formula is C18H21B2F2N3O8P+. The van der Waals surface area contributed by atoms with Crippen LogP contribution >= 0.6 is 8.18 Å². The second-order valence-corrected chi connectivity index (χ2v) is 8.63. The van der Waals surface area contributed by atoms with Gasteiger partial charge in [0.25, 0.3) is 5.56 Å². The first-order chi connectivity index (χ1) is 15.6. The third-order valence-electron chi connectivity index (χ3n) is 4.54. The minimum Gasteiger partial charge on any atom is -0.462 e. The molecule has 0 saturated carbocycles. The quantitative estimate of drug-likeness (QED) is 0.183. The first-order valence-corrected chi connectivity index (χ1v) is 11.0. The van der Waals surface area contributed by atoms with Crippen LogP contribution in [0.1, 0.15) is 33.9 Å². The van der Waals surface area contributed by atoms with Gasteiger partial charge in [0.15, 0.2) is 6.23 Å². The molecule has 6 atom stereocenters. The number of halogens is 2. The molecule has 4 radical (unpaired) electrons. The van der Waals surface area contributed by atoms with Crippen molar-refractivity contribution in [3.8, 4) is 11.8 Å². The summed E-state index contributed by atoms with van der Waals surface area (Å²) in [7, 11) is 8.58. The highest BCUT2D eigenvalue weighted by Gasteiger charge is 2.63. The van der Waals surface area contributed by atoms with Gasteiger partial charge in [-0.2, -0.15) is 4.39 Å². The van der Waals surface area contributed by atoms with Crippen molar-refractivity contribution in [1.82, 2.24) is 14.6 Å². The molecule has 1 aliphatic heterocycles. The molecule has 0 aromatic carbocycles. The maximum atomic E-state index is 15.8. The van der Waals surface area contributed by atoms with E-state index in [0.717, 1.165) is 0 Å². The molecule has 34 heavy (non-hydrogen) atoms. The fourth-order valence-electron chi connectivity index (χ4n) is 3.03. The number of ether oxygens (including phenoxy) is 2. The van der Waals surface area contributed by atoms with Gasteiger partial charge in [0.2, 0.25) is 11.5 Å². The van der Waals surface area contributed by atoms with E-state index in [2.05, 4.69) is 11.0 Å². The van der Waals surface area contributed by atoms with Gasteiger partial charge in [0.1, 0.15) is 33.9 Å². The average molecular weight is 498 g/mol. The van der Waals surface area contributed by atoms with Crippen molar-refractivity contribution in [2.45, 2.75) is 69.3 Å². The lowest BCUT2D eigenvalue weighted by Gasteiger charge is -2.29. The number of aliphatic hydroxyl groups excluding tert-OH is 1. The predicted molar refractivity (Wildman–Crippen MR) is 115 cm³/mol. The Bertz CT molecular complexity index is 1130. The van der Waals surface area contributed by atoms with Crippen LogP contribution in [0.3, 0.4) is 0 Å². The molecule has 0 amide bonds. The van der Waals surface area contributed by atoms with Gasteiger partial charge in [-0.1, -0.05) is 11.0 Å². The van der Waals surface area contributed by atoms with Crippen LogP contribution in [0.25, 0.3) is 0 Å². The first kappa shape index (κ1) is 27.9. The smallest absolute Gasteiger partial charge is 0.462 e.